The van der Waals surface area contributed by atoms with Crippen LogP contribution in [-0.2, 0) is 6.42 Å². The van der Waals surface area contributed by atoms with E-state index in [0.717, 1.165) is 30.6 Å². The number of rotatable bonds is 2. The fourth-order valence-corrected chi connectivity index (χ4v) is 4.52. The number of benzene rings is 1. The molecule has 2 saturated carbocycles. The molecule has 0 spiro atoms. The van der Waals surface area contributed by atoms with E-state index in [1.54, 1.807) is 0 Å². The molecule has 0 amide bonds. The molecule has 4 rings (SSSR count). The molecule has 0 radical (unpaired) electrons. The molecule has 2 nitrogen and oxygen atoms in total. The Morgan fingerprint density at radius 3 is 2.85 bits per heavy atom. The molecular weight excluding hydrogens is 246 g/mol. The van der Waals surface area contributed by atoms with Crippen LogP contribution in [0.3, 0.4) is 0 Å². The van der Waals surface area contributed by atoms with Crippen LogP contribution in [-0.4, -0.2) is 12.6 Å². The van der Waals surface area contributed by atoms with E-state index in [0.29, 0.717) is 6.04 Å². The Hall–Kier alpha value is -1.18. The molecule has 1 aromatic rings. The van der Waals surface area contributed by atoms with Gasteiger partial charge in [-0.1, -0.05) is 25.7 Å². The summed E-state index contributed by atoms with van der Waals surface area (Å²) in [6.07, 6.45) is 11.2. The van der Waals surface area contributed by atoms with Crippen molar-refractivity contribution in [3.8, 4) is 5.75 Å². The van der Waals surface area contributed by atoms with Crippen molar-refractivity contribution in [1.82, 2.24) is 0 Å². The first-order valence-corrected chi connectivity index (χ1v) is 8.41. The van der Waals surface area contributed by atoms with E-state index >= 15 is 0 Å². The standard InChI is InChI=1S/C18H25NO/c1-2-4-14-11-16(6-5-13(14)3-1)19-17-7-8-18-15(12-17)9-10-20-18/h7-8,12-14,16,19H,1-6,9-11H2. The molecule has 1 aromatic carbocycles. The second kappa shape index (κ2) is 5.31. The van der Waals surface area contributed by atoms with Gasteiger partial charge in [0.15, 0.2) is 0 Å². The zero-order valence-electron chi connectivity index (χ0n) is 12.2. The normalized spacial score (nSPS) is 32.1. The Balaban J connectivity index is 1.41. The molecule has 3 unspecified atom stereocenters. The van der Waals surface area contributed by atoms with Gasteiger partial charge in [0.1, 0.15) is 5.75 Å². The van der Waals surface area contributed by atoms with Crippen LogP contribution in [0.15, 0.2) is 18.2 Å². The van der Waals surface area contributed by atoms with Gasteiger partial charge in [-0.05, 0) is 54.9 Å². The summed E-state index contributed by atoms with van der Waals surface area (Å²) in [5.41, 5.74) is 2.68. The van der Waals surface area contributed by atoms with Crippen molar-refractivity contribution in [2.24, 2.45) is 11.8 Å². The Kier molecular flexibility index (Phi) is 3.33. The lowest BCUT2D eigenvalue weighted by Crippen LogP contribution is -2.34. The van der Waals surface area contributed by atoms with Crippen LogP contribution in [0, 0.1) is 11.8 Å². The number of anilines is 1. The zero-order chi connectivity index (χ0) is 13.4. The molecule has 1 N–H and O–H groups in total. The minimum atomic E-state index is 0.690. The average Bonchev–Trinajstić information content (AvgIpc) is 2.95. The van der Waals surface area contributed by atoms with Crippen LogP contribution in [0.25, 0.3) is 0 Å². The highest BCUT2D eigenvalue weighted by atomic mass is 16.5. The lowest BCUT2D eigenvalue weighted by atomic mass is 9.69. The second-order valence-electron chi connectivity index (χ2n) is 6.88. The van der Waals surface area contributed by atoms with Crippen LogP contribution >= 0.6 is 0 Å². The maximum absolute atomic E-state index is 5.59. The van der Waals surface area contributed by atoms with Crippen LogP contribution < -0.4 is 10.1 Å². The van der Waals surface area contributed by atoms with E-state index in [1.807, 2.05) is 0 Å². The van der Waals surface area contributed by atoms with Crippen LogP contribution in [0.1, 0.15) is 50.5 Å². The Morgan fingerprint density at radius 2 is 1.90 bits per heavy atom. The molecule has 2 heteroatoms. The van der Waals surface area contributed by atoms with E-state index in [9.17, 15) is 0 Å². The number of hydrogen-bond acceptors (Lipinski definition) is 2. The van der Waals surface area contributed by atoms with Crippen molar-refractivity contribution in [3.63, 3.8) is 0 Å². The average molecular weight is 271 g/mol. The van der Waals surface area contributed by atoms with Crippen LogP contribution in [0.5, 0.6) is 5.75 Å². The largest absolute Gasteiger partial charge is 0.493 e. The van der Waals surface area contributed by atoms with E-state index < -0.39 is 0 Å². The first-order valence-electron chi connectivity index (χ1n) is 8.41. The number of hydrogen-bond donors (Lipinski definition) is 1. The van der Waals surface area contributed by atoms with Gasteiger partial charge >= 0.3 is 0 Å². The fraction of sp³-hybridized carbons (Fsp3) is 0.667. The third-order valence-corrected chi connectivity index (χ3v) is 5.60. The summed E-state index contributed by atoms with van der Waals surface area (Å²) in [6.45, 7) is 0.853. The summed E-state index contributed by atoms with van der Waals surface area (Å²) in [4.78, 5) is 0. The summed E-state index contributed by atoms with van der Waals surface area (Å²) in [6, 6.07) is 7.32. The Labute approximate surface area is 121 Å². The Bertz CT molecular complexity index is 484. The summed E-state index contributed by atoms with van der Waals surface area (Å²) in [5.74, 6) is 3.12. The third kappa shape index (κ3) is 2.41. The van der Waals surface area contributed by atoms with Gasteiger partial charge in [0.2, 0.25) is 0 Å². The van der Waals surface area contributed by atoms with Gasteiger partial charge < -0.3 is 10.1 Å². The molecule has 0 bridgehead atoms. The van der Waals surface area contributed by atoms with Crippen LogP contribution in [0.4, 0.5) is 5.69 Å². The minimum Gasteiger partial charge on any atom is -0.493 e. The summed E-state index contributed by atoms with van der Waals surface area (Å²) in [5, 5.41) is 3.79. The van der Waals surface area contributed by atoms with E-state index in [-0.39, 0.29) is 0 Å². The molecule has 0 saturated heterocycles. The van der Waals surface area contributed by atoms with E-state index in [4.69, 9.17) is 4.74 Å². The molecule has 0 aromatic heterocycles. The van der Waals surface area contributed by atoms with Gasteiger partial charge in [-0.15, -0.1) is 0 Å². The molecular formula is C18H25NO. The molecule has 3 aliphatic rings. The maximum atomic E-state index is 5.59. The summed E-state index contributed by atoms with van der Waals surface area (Å²) < 4.78 is 5.59. The predicted molar refractivity (Wildman–Crippen MR) is 82.4 cm³/mol. The first kappa shape index (κ1) is 12.6. The van der Waals surface area contributed by atoms with Crippen molar-refractivity contribution in [2.75, 3.05) is 11.9 Å². The highest BCUT2D eigenvalue weighted by Crippen LogP contribution is 2.41. The quantitative estimate of drug-likeness (QED) is 0.861. The van der Waals surface area contributed by atoms with Gasteiger partial charge in [-0.25, -0.2) is 0 Å². The van der Waals surface area contributed by atoms with Gasteiger partial charge in [-0.3, -0.25) is 0 Å². The summed E-state index contributed by atoms with van der Waals surface area (Å²) in [7, 11) is 0. The molecule has 20 heavy (non-hydrogen) atoms. The van der Waals surface area contributed by atoms with Gasteiger partial charge in [-0.2, -0.15) is 0 Å². The third-order valence-electron chi connectivity index (χ3n) is 5.60. The van der Waals surface area contributed by atoms with Crippen molar-refractivity contribution in [1.29, 1.82) is 0 Å². The fourth-order valence-electron chi connectivity index (χ4n) is 4.52. The SMILES string of the molecule is c1cc2c(cc1NC1CCC3CCCCC3C1)CCO2. The topological polar surface area (TPSA) is 21.3 Å². The smallest absolute Gasteiger partial charge is 0.122 e. The van der Waals surface area contributed by atoms with E-state index in [2.05, 4.69) is 23.5 Å². The lowest BCUT2D eigenvalue weighted by molar-refractivity contribution is 0.162. The van der Waals surface area contributed by atoms with E-state index in [1.165, 1.54) is 56.2 Å². The molecule has 2 fully saturated rings. The van der Waals surface area contributed by atoms with Crippen molar-refractivity contribution < 1.29 is 4.74 Å². The first-order chi connectivity index (χ1) is 9.88. The zero-order valence-corrected chi connectivity index (χ0v) is 12.2. The van der Waals surface area contributed by atoms with Crippen molar-refractivity contribution in [2.45, 2.75) is 57.4 Å². The molecule has 1 aliphatic heterocycles. The van der Waals surface area contributed by atoms with Gasteiger partial charge in [0, 0.05) is 18.2 Å². The molecule has 1 heterocycles. The molecule has 2 aliphatic carbocycles. The molecule has 3 atom stereocenters. The number of nitrogens with one attached hydrogen (secondary N) is 1. The number of fused-ring (bicyclic) bond motifs is 2. The highest BCUT2D eigenvalue weighted by molar-refractivity contribution is 5.53. The van der Waals surface area contributed by atoms with Crippen LogP contribution in [0.2, 0.25) is 0 Å². The lowest BCUT2D eigenvalue weighted by Gasteiger charge is -2.39. The van der Waals surface area contributed by atoms with Gasteiger partial charge in [0.25, 0.3) is 0 Å². The van der Waals surface area contributed by atoms with Crippen molar-refractivity contribution >= 4 is 5.69 Å². The van der Waals surface area contributed by atoms with Crippen molar-refractivity contribution in [3.05, 3.63) is 23.8 Å². The summed E-state index contributed by atoms with van der Waals surface area (Å²) >= 11 is 0. The monoisotopic (exact) mass is 271 g/mol. The number of ether oxygens (including phenoxy) is 1. The minimum absolute atomic E-state index is 0.690. The second-order valence-corrected chi connectivity index (χ2v) is 6.88. The molecule has 108 valence electrons. The highest BCUT2D eigenvalue weighted by Gasteiger charge is 2.32. The maximum Gasteiger partial charge on any atom is 0.122 e. The van der Waals surface area contributed by atoms with Gasteiger partial charge in [0.05, 0.1) is 6.61 Å². The predicted octanol–water partition coefficient (Wildman–Crippen LogP) is 4.39. The Morgan fingerprint density at radius 1 is 1.00 bits per heavy atom.